The molecule has 1 aromatic heterocycles. The Kier molecular flexibility index (Phi) is 4.59. The van der Waals surface area contributed by atoms with Gasteiger partial charge in [0.2, 0.25) is 0 Å². The molecule has 1 fully saturated rings. The number of anilines is 2. The minimum absolute atomic E-state index is 0.243. The number of ether oxygens (including phenoxy) is 1. The summed E-state index contributed by atoms with van der Waals surface area (Å²) in [5, 5.41) is 12.5. The molecular weight excluding hydrogens is 397 g/mol. The van der Waals surface area contributed by atoms with Gasteiger partial charge < -0.3 is 20.1 Å². The van der Waals surface area contributed by atoms with E-state index in [1.54, 1.807) is 12.3 Å². The van der Waals surface area contributed by atoms with Crippen LogP contribution in [0.4, 0.5) is 15.9 Å². The van der Waals surface area contributed by atoms with Crippen LogP contribution >= 0.6 is 0 Å². The summed E-state index contributed by atoms with van der Waals surface area (Å²) in [4.78, 5) is 19.3. The third kappa shape index (κ3) is 3.49. The number of benzene rings is 1. The average molecular weight is 421 g/mol. The van der Waals surface area contributed by atoms with Crippen LogP contribution in [0.15, 0.2) is 48.4 Å². The fourth-order valence-electron chi connectivity index (χ4n) is 4.46. The molecule has 1 saturated heterocycles. The van der Waals surface area contributed by atoms with Crippen molar-refractivity contribution in [3.05, 3.63) is 65.3 Å². The highest BCUT2D eigenvalue weighted by Gasteiger charge is 2.38. The Morgan fingerprint density at radius 2 is 2.00 bits per heavy atom. The molecule has 7 heteroatoms. The summed E-state index contributed by atoms with van der Waals surface area (Å²) < 4.78 is 19.8. The maximum absolute atomic E-state index is 13.6. The summed E-state index contributed by atoms with van der Waals surface area (Å²) in [6.45, 7) is 5.45. The fraction of sp³-hybridized carbons (Fsp3) is 0.333. The van der Waals surface area contributed by atoms with Crippen molar-refractivity contribution in [2.24, 2.45) is 0 Å². The second-order valence-electron chi connectivity index (χ2n) is 8.67. The fourth-order valence-corrected chi connectivity index (χ4v) is 4.46. The SMILES string of the molecule is CC1(C)O/C(=C2/C(=O)Nc3cc(F)ccc32)C=C1c1ccnc(N2CCC(O)CC2)c1. The topological polar surface area (TPSA) is 74.7 Å². The monoisotopic (exact) mass is 421 g/mol. The van der Waals surface area contributed by atoms with Crippen LogP contribution in [-0.4, -0.2) is 40.8 Å². The van der Waals surface area contributed by atoms with E-state index in [0.717, 1.165) is 42.9 Å². The number of allylic oxidation sites excluding steroid dienone is 1. The Balaban J connectivity index is 1.54. The van der Waals surface area contributed by atoms with Crippen molar-refractivity contribution in [2.45, 2.75) is 38.4 Å². The zero-order valence-electron chi connectivity index (χ0n) is 17.5. The standard InChI is InChI=1S/C24H24FN3O3/c1-24(2)18(14-5-8-26-21(11-14)28-9-6-16(29)7-10-28)13-20(31-24)22-17-4-3-15(25)12-19(17)27-23(22)30/h3-5,8,11-13,16,29H,6-7,9-10H2,1-2H3,(H,27,30)/b22-20+. The lowest BCUT2D eigenvalue weighted by Gasteiger charge is -2.31. The Bertz CT molecular complexity index is 1130. The van der Waals surface area contributed by atoms with Crippen molar-refractivity contribution >= 4 is 28.6 Å². The van der Waals surface area contributed by atoms with Crippen molar-refractivity contribution in [1.82, 2.24) is 4.98 Å². The summed E-state index contributed by atoms with van der Waals surface area (Å²) in [5.41, 5.74) is 2.76. The zero-order valence-corrected chi connectivity index (χ0v) is 17.5. The number of aliphatic hydroxyl groups excluding tert-OH is 1. The van der Waals surface area contributed by atoms with Crippen LogP contribution in [-0.2, 0) is 9.53 Å². The molecule has 160 valence electrons. The smallest absolute Gasteiger partial charge is 0.260 e. The van der Waals surface area contributed by atoms with Gasteiger partial charge in [0.15, 0.2) is 0 Å². The molecule has 0 aliphatic carbocycles. The third-order valence-corrected chi connectivity index (χ3v) is 6.11. The molecule has 0 saturated carbocycles. The van der Waals surface area contributed by atoms with Gasteiger partial charge >= 0.3 is 0 Å². The van der Waals surface area contributed by atoms with E-state index in [4.69, 9.17) is 4.74 Å². The maximum atomic E-state index is 13.6. The lowest BCUT2D eigenvalue weighted by atomic mass is 9.92. The van der Waals surface area contributed by atoms with Crippen LogP contribution in [0.25, 0.3) is 11.1 Å². The van der Waals surface area contributed by atoms with Gasteiger partial charge in [-0.15, -0.1) is 0 Å². The molecule has 1 amide bonds. The number of aliphatic hydroxyl groups is 1. The number of halogens is 1. The maximum Gasteiger partial charge on any atom is 0.260 e. The van der Waals surface area contributed by atoms with E-state index in [1.165, 1.54) is 12.1 Å². The molecular formula is C24H24FN3O3. The molecule has 0 atom stereocenters. The largest absolute Gasteiger partial charge is 0.482 e. The van der Waals surface area contributed by atoms with Crippen LogP contribution in [0.3, 0.4) is 0 Å². The number of carbonyl (C=O) groups excluding carboxylic acids is 1. The summed E-state index contributed by atoms with van der Waals surface area (Å²) in [6.07, 6.45) is 4.89. The van der Waals surface area contributed by atoms with Gasteiger partial charge in [0, 0.05) is 30.4 Å². The minimum atomic E-state index is -0.651. The molecule has 3 aliphatic rings. The highest BCUT2D eigenvalue weighted by molar-refractivity contribution is 6.32. The first-order chi connectivity index (χ1) is 14.8. The lowest BCUT2D eigenvalue weighted by Crippen LogP contribution is -2.36. The van der Waals surface area contributed by atoms with Crippen LogP contribution in [0, 0.1) is 5.82 Å². The molecule has 1 aromatic carbocycles. The van der Waals surface area contributed by atoms with Gasteiger partial charge in [0.1, 0.15) is 23.0 Å². The first kappa shape index (κ1) is 19.8. The summed E-state index contributed by atoms with van der Waals surface area (Å²) in [6, 6.07) is 8.22. The highest BCUT2D eigenvalue weighted by atomic mass is 19.1. The molecule has 0 unspecified atom stereocenters. The molecule has 4 heterocycles. The van der Waals surface area contributed by atoms with Crippen molar-refractivity contribution in [1.29, 1.82) is 0 Å². The van der Waals surface area contributed by atoms with Crippen LogP contribution in [0.2, 0.25) is 0 Å². The van der Waals surface area contributed by atoms with Gasteiger partial charge in [-0.05, 0) is 68.7 Å². The molecule has 3 aliphatic heterocycles. The van der Waals surface area contributed by atoms with E-state index in [1.807, 2.05) is 32.1 Å². The van der Waals surface area contributed by atoms with E-state index in [0.29, 0.717) is 22.6 Å². The Morgan fingerprint density at radius 1 is 1.23 bits per heavy atom. The van der Waals surface area contributed by atoms with Gasteiger partial charge in [-0.1, -0.05) is 0 Å². The van der Waals surface area contributed by atoms with Gasteiger partial charge in [-0.2, -0.15) is 0 Å². The summed E-state index contributed by atoms with van der Waals surface area (Å²) >= 11 is 0. The summed E-state index contributed by atoms with van der Waals surface area (Å²) in [5.74, 6) is 0.638. The van der Waals surface area contributed by atoms with Crippen molar-refractivity contribution < 1.29 is 19.0 Å². The Hall–Kier alpha value is -3.19. The van der Waals surface area contributed by atoms with Gasteiger partial charge in [-0.3, -0.25) is 4.79 Å². The number of nitrogens with zero attached hydrogens (tertiary/aromatic N) is 2. The van der Waals surface area contributed by atoms with Crippen LogP contribution in [0.1, 0.15) is 37.8 Å². The number of carbonyl (C=O) groups is 1. The Labute approximate surface area is 180 Å². The minimum Gasteiger partial charge on any atom is -0.482 e. The van der Waals surface area contributed by atoms with Gasteiger partial charge in [0.05, 0.1) is 17.4 Å². The quantitative estimate of drug-likeness (QED) is 0.723. The molecule has 2 N–H and O–H groups in total. The Morgan fingerprint density at radius 3 is 2.77 bits per heavy atom. The number of piperidine rings is 1. The van der Waals surface area contributed by atoms with Crippen molar-refractivity contribution in [3.63, 3.8) is 0 Å². The van der Waals surface area contributed by atoms with Crippen LogP contribution < -0.4 is 10.2 Å². The summed E-state index contributed by atoms with van der Waals surface area (Å²) in [7, 11) is 0. The second kappa shape index (κ2) is 7.20. The number of amides is 1. The molecule has 5 rings (SSSR count). The van der Waals surface area contributed by atoms with E-state index in [2.05, 4.69) is 15.2 Å². The molecule has 31 heavy (non-hydrogen) atoms. The number of rotatable bonds is 2. The van der Waals surface area contributed by atoms with Gasteiger partial charge in [-0.25, -0.2) is 9.37 Å². The van der Waals surface area contributed by atoms with Crippen molar-refractivity contribution in [2.75, 3.05) is 23.3 Å². The zero-order chi connectivity index (χ0) is 21.8. The van der Waals surface area contributed by atoms with E-state index in [9.17, 15) is 14.3 Å². The van der Waals surface area contributed by atoms with Crippen LogP contribution in [0.5, 0.6) is 0 Å². The third-order valence-electron chi connectivity index (χ3n) is 6.11. The first-order valence-corrected chi connectivity index (χ1v) is 10.5. The number of nitrogens with one attached hydrogen (secondary N) is 1. The number of pyridine rings is 1. The lowest BCUT2D eigenvalue weighted by molar-refractivity contribution is -0.111. The van der Waals surface area contributed by atoms with E-state index >= 15 is 0 Å². The number of fused-ring (bicyclic) bond motifs is 1. The molecule has 2 aromatic rings. The highest BCUT2D eigenvalue weighted by Crippen LogP contribution is 2.44. The predicted octanol–water partition coefficient (Wildman–Crippen LogP) is 3.74. The van der Waals surface area contributed by atoms with Gasteiger partial charge in [0.25, 0.3) is 5.91 Å². The molecule has 0 radical (unpaired) electrons. The predicted molar refractivity (Wildman–Crippen MR) is 117 cm³/mol. The normalized spacial score (nSPS) is 22.8. The van der Waals surface area contributed by atoms with E-state index in [-0.39, 0.29) is 12.0 Å². The van der Waals surface area contributed by atoms with Crippen molar-refractivity contribution in [3.8, 4) is 0 Å². The number of hydrogen-bond acceptors (Lipinski definition) is 5. The average Bonchev–Trinajstić information content (AvgIpc) is 3.22. The second-order valence-corrected chi connectivity index (χ2v) is 8.67. The van der Waals surface area contributed by atoms with E-state index < -0.39 is 11.4 Å². The molecule has 0 bridgehead atoms. The first-order valence-electron chi connectivity index (χ1n) is 10.5. The number of hydrogen-bond donors (Lipinski definition) is 2. The molecule has 0 spiro atoms. The molecule has 6 nitrogen and oxygen atoms in total. The number of aromatic nitrogens is 1.